The highest BCUT2D eigenvalue weighted by atomic mass is 127. The fraction of sp³-hybridized carbons (Fsp3) is 0. The van der Waals surface area contributed by atoms with Gasteiger partial charge >= 0.3 is 0 Å². The van der Waals surface area contributed by atoms with E-state index in [0.29, 0.717) is 0 Å². The van der Waals surface area contributed by atoms with E-state index in [9.17, 15) is 4.39 Å². The van der Waals surface area contributed by atoms with Crippen molar-refractivity contribution in [2.75, 3.05) is 0 Å². The third-order valence-electron chi connectivity index (χ3n) is 0.733. The minimum Gasteiger partial charge on any atom is -0.207 e. The van der Waals surface area contributed by atoms with Crippen LogP contribution in [0.5, 0.6) is 0 Å². The van der Waals surface area contributed by atoms with Crippen molar-refractivity contribution in [3.8, 4) is 0 Å². The molecule has 0 saturated carbocycles. The number of benzene rings is 1. The molecule has 1 aromatic carbocycles. The highest BCUT2D eigenvalue weighted by molar-refractivity contribution is 14.0. The van der Waals surface area contributed by atoms with Crippen LogP contribution in [-0.2, 0) is 0 Å². The Morgan fingerprint density at radius 2 is 1.50 bits per heavy atom. The molecular formula is C6H6FI. The summed E-state index contributed by atoms with van der Waals surface area (Å²) in [6.45, 7) is 0. The van der Waals surface area contributed by atoms with E-state index in [1.165, 1.54) is 12.1 Å². The fourth-order valence-electron chi connectivity index (χ4n) is 0.415. The Morgan fingerprint density at radius 1 is 1.00 bits per heavy atom. The zero-order valence-corrected chi connectivity index (χ0v) is 6.50. The molecule has 0 amide bonds. The van der Waals surface area contributed by atoms with E-state index in [-0.39, 0.29) is 29.8 Å². The normalized spacial score (nSPS) is 7.62. The molecule has 0 unspecified atom stereocenters. The smallest absolute Gasteiger partial charge is 0.123 e. The van der Waals surface area contributed by atoms with Gasteiger partial charge in [-0.05, 0) is 12.1 Å². The second-order valence-corrected chi connectivity index (χ2v) is 1.30. The zero-order valence-electron chi connectivity index (χ0n) is 4.17. The molecule has 1 aromatic rings. The topological polar surface area (TPSA) is 0 Å². The first-order chi connectivity index (χ1) is 3.39. The fourth-order valence-corrected chi connectivity index (χ4v) is 0.415. The van der Waals surface area contributed by atoms with Crippen molar-refractivity contribution in [2.24, 2.45) is 0 Å². The highest BCUT2D eigenvalue weighted by Crippen LogP contribution is 1.91. The molecule has 0 aromatic heterocycles. The van der Waals surface area contributed by atoms with Gasteiger partial charge < -0.3 is 0 Å². The summed E-state index contributed by atoms with van der Waals surface area (Å²) >= 11 is 0. The van der Waals surface area contributed by atoms with Crippen LogP contribution in [0.3, 0.4) is 0 Å². The molecular weight excluding hydrogens is 218 g/mol. The standard InChI is InChI=1S/C6H5F.HI/c7-6-4-2-1-3-5-6;/h1-5H;1H. The van der Waals surface area contributed by atoms with Crippen LogP contribution >= 0.6 is 24.0 Å². The maximum absolute atomic E-state index is 11.9. The van der Waals surface area contributed by atoms with Crippen LogP contribution in [0.1, 0.15) is 0 Å². The van der Waals surface area contributed by atoms with Crippen LogP contribution in [0.4, 0.5) is 4.39 Å². The Kier molecular flexibility index (Phi) is 3.77. The van der Waals surface area contributed by atoms with Gasteiger partial charge in [0, 0.05) is 0 Å². The van der Waals surface area contributed by atoms with Crippen molar-refractivity contribution < 1.29 is 4.39 Å². The lowest BCUT2D eigenvalue weighted by Crippen LogP contribution is -1.63. The van der Waals surface area contributed by atoms with Crippen molar-refractivity contribution in [1.82, 2.24) is 0 Å². The number of rotatable bonds is 0. The minimum atomic E-state index is -0.178. The zero-order chi connectivity index (χ0) is 5.11. The Morgan fingerprint density at radius 3 is 1.75 bits per heavy atom. The molecule has 0 radical (unpaired) electrons. The molecule has 0 aliphatic rings. The predicted molar refractivity (Wildman–Crippen MR) is 41.8 cm³/mol. The quantitative estimate of drug-likeness (QED) is 0.593. The van der Waals surface area contributed by atoms with Gasteiger partial charge in [0.25, 0.3) is 0 Å². The summed E-state index contributed by atoms with van der Waals surface area (Å²) in [5, 5.41) is 0. The third kappa shape index (κ3) is 2.26. The minimum absolute atomic E-state index is 0. The van der Waals surface area contributed by atoms with Gasteiger partial charge in [-0.3, -0.25) is 0 Å². The second-order valence-electron chi connectivity index (χ2n) is 1.30. The molecule has 0 spiro atoms. The van der Waals surface area contributed by atoms with Crippen molar-refractivity contribution in [1.29, 1.82) is 0 Å². The average Bonchev–Trinajstić information content (AvgIpc) is 1.69. The molecule has 0 fully saturated rings. The van der Waals surface area contributed by atoms with E-state index >= 15 is 0 Å². The maximum Gasteiger partial charge on any atom is 0.123 e. The molecule has 44 valence electrons. The number of hydrogen-bond acceptors (Lipinski definition) is 0. The molecule has 0 bridgehead atoms. The average molecular weight is 224 g/mol. The SMILES string of the molecule is Fc1ccccc1.I. The first kappa shape index (κ1) is 7.88. The van der Waals surface area contributed by atoms with Crippen molar-refractivity contribution >= 4 is 24.0 Å². The Labute approximate surface area is 64.7 Å². The summed E-state index contributed by atoms with van der Waals surface area (Å²) in [4.78, 5) is 0. The molecule has 0 saturated heterocycles. The second kappa shape index (κ2) is 3.83. The van der Waals surface area contributed by atoms with E-state index < -0.39 is 0 Å². The van der Waals surface area contributed by atoms with Gasteiger partial charge in [-0.25, -0.2) is 4.39 Å². The molecule has 0 nitrogen and oxygen atoms in total. The first-order valence-electron chi connectivity index (χ1n) is 2.10. The summed E-state index contributed by atoms with van der Waals surface area (Å²) in [7, 11) is 0. The predicted octanol–water partition coefficient (Wildman–Crippen LogP) is 2.44. The third-order valence-corrected chi connectivity index (χ3v) is 0.733. The van der Waals surface area contributed by atoms with Gasteiger partial charge in [-0.15, -0.1) is 24.0 Å². The van der Waals surface area contributed by atoms with Gasteiger partial charge in [-0.2, -0.15) is 0 Å². The van der Waals surface area contributed by atoms with Crippen LogP contribution in [-0.4, -0.2) is 0 Å². The summed E-state index contributed by atoms with van der Waals surface area (Å²) in [5.74, 6) is -0.178. The molecule has 0 heterocycles. The lowest BCUT2D eigenvalue weighted by Gasteiger charge is -1.78. The Balaban J connectivity index is 0.000000490. The van der Waals surface area contributed by atoms with Crippen LogP contribution in [0.25, 0.3) is 0 Å². The lowest BCUT2D eigenvalue weighted by atomic mass is 10.4. The molecule has 2 heteroatoms. The van der Waals surface area contributed by atoms with Crippen molar-refractivity contribution in [3.05, 3.63) is 36.1 Å². The molecule has 1 rings (SSSR count). The van der Waals surface area contributed by atoms with E-state index in [4.69, 9.17) is 0 Å². The van der Waals surface area contributed by atoms with Crippen molar-refractivity contribution in [2.45, 2.75) is 0 Å². The van der Waals surface area contributed by atoms with Gasteiger partial charge in [0.15, 0.2) is 0 Å². The largest absolute Gasteiger partial charge is 0.207 e. The van der Waals surface area contributed by atoms with E-state index in [1.807, 2.05) is 0 Å². The molecule has 0 aliphatic heterocycles. The molecule has 0 N–H and O–H groups in total. The van der Waals surface area contributed by atoms with Crippen LogP contribution in [0, 0.1) is 5.82 Å². The summed E-state index contributed by atoms with van der Waals surface area (Å²) in [5.41, 5.74) is 0. The van der Waals surface area contributed by atoms with Gasteiger partial charge in [0.1, 0.15) is 5.82 Å². The molecule has 8 heavy (non-hydrogen) atoms. The van der Waals surface area contributed by atoms with E-state index in [0.717, 1.165) is 0 Å². The van der Waals surface area contributed by atoms with Crippen LogP contribution in [0.15, 0.2) is 30.3 Å². The van der Waals surface area contributed by atoms with E-state index in [1.54, 1.807) is 18.2 Å². The highest BCUT2D eigenvalue weighted by Gasteiger charge is 1.77. The monoisotopic (exact) mass is 224 g/mol. The van der Waals surface area contributed by atoms with Gasteiger partial charge in [0.05, 0.1) is 0 Å². The summed E-state index contributed by atoms with van der Waals surface area (Å²) in [6.07, 6.45) is 0. The van der Waals surface area contributed by atoms with Crippen molar-refractivity contribution in [3.63, 3.8) is 0 Å². The number of hydrogen-bond donors (Lipinski definition) is 0. The van der Waals surface area contributed by atoms with Gasteiger partial charge in [0.2, 0.25) is 0 Å². The Hall–Kier alpha value is -0.120. The molecule has 0 aliphatic carbocycles. The van der Waals surface area contributed by atoms with Gasteiger partial charge in [-0.1, -0.05) is 18.2 Å². The first-order valence-corrected chi connectivity index (χ1v) is 2.10. The maximum atomic E-state index is 11.9. The molecule has 0 atom stereocenters. The van der Waals surface area contributed by atoms with Crippen LogP contribution in [0.2, 0.25) is 0 Å². The lowest BCUT2D eigenvalue weighted by molar-refractivity contribution is 0.628. The van der Waals surface area contributed by atoms with E-state index in [2.05, 4.69) is 0 Å². The number of halogens is 2. The Bertz CT molecular complexity index is 138. The summed E-state index contributed by atoms with van der Waals surface area (Å²) < 4.78 is 11.9. The van der Waals surface area contributed by atoms with Crippen LogP contribution < -0.4 is 0 Å². The summed E-state index contributed by atoms with van der Waals surface area (Å²) in [6, 6.07) is 7.94.